The summed E-state index contributed by atoms with van der Waals surface area (Å²) in [4.78, 5) is 39.6. The maximum atomic E-state index is 13.0. The van der Waals surface area contributed by atoms with Gasteiger partial charge in [0.2, 0.25) is 11.8 Å². The molecule has 0 unspecified atom stereocenters. The van der Waals surface area contributed by atoms with Crippen LogP contribution in [-0.2, 0) is 9.59 Å². The SMILES string of the molecule is CCNC(=O)[C@@H]1C[C@@H](NC(=O)CO)CN1C(=O)c1sc(C)cc1OC. The van der Waals surface area contributed by atoms with Gasteiger partial charge in [-0.1, -0.05) is 0 Å². The summed E-state index contributed by atoms with van der Waals surface area (Å²) in [5, 5.41) is 14.2. The van der Waals surface area contributed by atoms with Crippen LogP contribution in [0.1, 0.15) is 27.9 Å². The minimum atomic E-state index is -0.677. The fourth-order valence-corrected chi connectivity index (χ4v) is 3.84. The first-order chi connectivity index (χ1) is 11.9. The molecule has 2 heterocycles. The Morgan fingerprint density at radius 1 is 1.44 bits per heavy atom. The molecule has 0 spiro atoms. The maximum absolute atomic E-state index is 13.0. The first-order valence-electron chi connectivity index (χ1n) is 8.04. The van der Waals surface area contributed by atoms with Crippen LogP contribution in [0.15, 0.2) is 6.07 Å². The summed E-state index contributed by atoms with van der Waals surface area (Å²) >= 11 is 1.31. The molecule has 0 radical (unpaired) electrons. The number of carbonyl (C=O) groups is 3. The van der Waals surface area contributed by atoms with E-state index in [1.807, 2.05) is 6.92 Å². The summed E-state index contributed by atoms with van der Waals surface area (Å²) in [5.74, 6) is -0.612. The number of methoxy groups -OCH3 is 1. The summed E-state index contributed by atoms with van der Waals surface area (Å²) in [5.41, 5.74) is 0. The van der Waals surface area contributed by atoms with Crippen molar-refractivity contribution in [2.24, 2.45) is 0 Å². The van der Waals surface area contributed by atoms with Crippen molar-refractivity contribution in [3.63, 3.8) is 0 Å². The number of ether oxygens (including phenoxy) is 1. The second-order valence-corrected chi connectivity index (χ2v) is 7.04. The van der Waals surface area contributed by atoms with Crippen LogP contribution in [0, 0.1) is 6.92 Å². The van der Waals surface area contributed by atoms with Gasteiger partial charge >= 0.3 is 0 Å². The van der Waals surface area contributed by atoms with E-state index in [2.05, 4.69) is 10.6 Å². The number of aliphatic hydroxyl groups is 1. The van der Waals surface area contributed by atoms with E-state index in [0.717, 1.165) is 4.88 Å². The third-order valence-electron chi connectivity index (χ3n) is 3.96. The second-order valence-electron chi connectivity index (χ2n) is 5.78. The van der Waals surface area contributed by atoms with E-state index in [0.29, 0.717) is 23.6 Å². The third kappa shape index (κ3) is 4.29. The lowest BCUT2D eigenvalue weighted by Crippen LogP contribution is -2.45. The number of aryl methyl sites for hydroxylation is 1. The highest BCUT2D eigenvalue weighted by molar-refractivity contribution is 7.14. The van der Waals surface area contributed by atoms with Crippen molar-refractivity contribution >= 4 is 29.1 Å². The Labute approximate surface area is 150 Å². The molecule has 9 heteroatoms. The number of nitrogens with zero attached hydrogens (tertiary/aromatic N) is 1. The molecule has 0 bridgehead atoms. The Bertz CT molecular complexity index is 660. The molecule has 3 N–H and O–H groups in total. The molecule has 0 aromatic carbocycles. The molecule has 8 nitrogen and oxygen atoms in total. The molecule has 2 atom stereocenters. The molecule has 1 aliphatic rings. The number of thiophene rings is 1. The lowest BCUT2D eigenvalue weighted by atomic mass is 10.1. The Balaban J connectivity index is 2.25. The first kappa shape index (κ1) is 19.2. The zero-order chi connectivity index (χ0) is 18.6. The summed E-state index contributed by atoms with van der Waals surface area (Å²) < 4.78 is 5.26. The second kappa shape index (κ2) is 8.30. The van der Waals surface area contributed by atoms with Gasteiger partial charge in [-0.25, -0.2) is 0 Å². The summed E-state index contributed by atoms with van der Waals surface area (Å²) in [6, 6.07) is 0.715. The number of aliphatic hydroxyl groups excluding tert-OH is 1. The van der Waals surface area contributed by atoms with E-state index in [9.17, 15) is 14.4 Å². The number of carbonyl (C=O) groups excluding carboxylic acids is 3. The van der Waals surface area contributed by atoms with Crippen LogP contribution in [-0.4, -0.2) is 66.6 Å². The van der Waals surface area contributed by atoms with Gasteiger partial charge in [0.15, 0.2) is 0 Å². The van der Waals surface area contributed by atoms with E-state index in [4.69, 9.17) is 9.84 Å². The molecule has 25 heavy (non-hydrogen) atoms. The highest BCUT2D eigenvalue weighted by Crippen LogP contribution is 2.32. The van der Waals surface area contributed by atoms with Crippen molar-refractivity contribution in [3.05, 3.63) is 15.8 Å². The minimum absolute atomic E-state index is 0.201. The summed E-state index contributed by atoms with van der Waals surface area (Å²) in [7, 11) is 1.49. The van der Waals surface area contributed by atoms with E-state index < -0.39 is 18.6 Å². The van der Waals surface area contributed by atoms with Gasteiger partial charge in [0, 0.05) is 24.0 Å². The highest BCUT2D eigenvalue weighted by Gasteiger charge is 2.41. The van der Waals surface area contributed by atoms with Crippen LogP contribution in [0.4, 0.5) is 0 Å². The molecule has 0 saturated carbocycles. The van der Waals surface area contributed by atoms with Crippen molar-refractivity contribution in [2.45, 2.75) is 32.4 Å². The predicted molar refractivity (Wildman–Crippen MR) is 92.7 cm³/mol. The van der Waals surface area contributed by atoms with Gasteiger partial charge in [-0.15, -0.1) is 11.3 Å². The molecular weight excluding hydrogens is 346 g/mol. The van der Waals surface area contributed by atoms with Gasteiger partial charge in [-0.05, 0) is 26.3 Å². The molecule has 1 aliphatic heterocycles. The molecule has 1 saturated heterocycles. The smallest absolute Gasteiger partial charge is 0.268 e. The van der Waals surface area contributed by atoms with Gasteiger partial charge in [0.05, 0.1) is 7.11 Å². The topological polar surface area (TPSA) is 108 Å². The molecule has 138 valence electrons. The van der Waals surface area contributed by atoms with Crippen molar-refractivity contribution in [1.82, 2.24) is 15.5 Å². The normalized spacial score (nSPS) is 19.6. The Morgan fingerprint density at radius 3 is 2.76 bits per heavy atom. The van der Waals surface area contributed by atoms with Crippen LogP contribution in [0.5, 0.6) is 5.75 Å². The first-order valence-corrected chi connectivity index (χ1v) is 8.86. The van der Waals surface area contributed by atoms with Crippen LogP contribution < -0.4 is 15.4 Å². The Morgan fingerprint density at radius 2 is 2.16 bits per heavy atom. The van der Waals surface area contributed by atoms with Crippen molar-refractivity contribution in [2.75, 3.05) is 26.8 Å². The lowest BCUT2D eigenvalue weighted by molar-refractivity contribution is -0.125. The largest absolute Gasteiger partial charge is 0.495 e. The van der Waals surface area contributed by atoms with E-state index in [1.165, 1.54) is 23.3 Å². The molecule has 1 aromatic heterocycles. The number of rotatable bonds is 6. The Kier molecular flexibility index (Phi) is 6.38. The number of hydrogen-bond acceptors (Lipinski definition) is 6. The van der Waals surface area contributed by atoms with Crippen molar-refractivity contribution in [3.8, 4) is 5.75 Å². The van der Waals surface area contributed by atoms with E-state index in [-0.39, 0.29) is 24.4 Å². The van der Waals surface area contributed by atoms with Gasteiger partial charge < -0.3 is 25.4 Å². The molecule has 3 amide bonds. The lowest BCUT2D eigenvalue weighted by Gasteiger charge is -2.23. The average molecular weight is 369 g/mol. The fraction of sp³-hybridized carbons (Fsp3) is 0.562. The molecule has 0 aliphatic carbocycles. The predicted octanol–water partition coefficient (Wildman–Crippen LogP) is -0.107. The number of likely N-dealkylation sites (tertiary alicyclic amines) is 1. The van der Waals surface area contributed by atoms with E-state index >= 15 is 0 Å². The molecular formula is C16H23N3O5S. The van der Waals surface area contributed by atoms with Gasteiger partial charge in [-0.3, -0.25) is 14.4 Å². The summed E-state index contributed by atoms with van der Waals surface area (Å²) in [6.07, 6.45) is 0.302. The van der Waals surface area contributed by atoms with E-state index in [1.54, 1.807) is 13.0 Å². The highest BCUT2D eigenvalue weighted by atomic mass is 32.1. The zero-order valence-electron chi connectivity index (χ0n) is 14.5. The average Bonchev–Trinajstić information content (AvgIpc) is 3.17. The van der Waals surface area contributed by atoms with Gasteiger partial charge in [-0.2, -0.15) is 0 Å². The van der Waals surface area contributed by atoms with Gasteiger partial charge in [0.1, 0.15) is 23.3 Å². The monoisotopic (exact) mass is 369 g/mol. The van der Waals surface area contributed by atoms with Crippen molar-refractivity contribution < 1.29 is 24.2 Å². The van der Waals surface area contributed by atoms with Crippen LogP contribution >= 0.6 is 11.3 Å². The van der Waals surface area contributed by atoms with Crippen LogP contribution in [0.2, 0.25) is 0 Å². The number of nitrogens with one attached hydrogen (secondary N) is 2. The summed E-state index contributed by atoms with van der Waals surface area (Å²) in [6.45, 7) is 3.70. The third-order valence-corrected chi connectivity index (χ3v) is 4.98. The number of likely N-dealkylation sites (N-methyl/N-ethyl adjacent to an activating group) is 1. The maximum Gasteiger partial charge on any atom is 0.268 e. The number of hydrogen-bond donors (Lipinski definition) is 3. The van der Waals surface area contributed by atoms with Gasteiger partial charge in [0.25, 0.3) is 5.91 Å². The number of amides is 3. The molecule has 1 fully saturated rings. The van der Waals surface area contributed by atoms with Crippen LogP contribution in [0.25, 0.3) is 0 Å². The standard InChI is InChI=1S/C16H23N3O5S/c1-4-17-15(22)11-6-10(18-13(21)8-20)7-19(11)16(23)14-12(24-3)5-9(2)25-14/h5,10-11,20H,4,6-8H2,1-3H3,(H,17,22)(H,18,21)/t10-,11+/m1/s1. The molecule has 2 rings (SSSR count). The molecule has 1 aromatic rings. The van der Waals surface area contributed by atoms with Crippen molar-refractivity contribution in [1.29, 1.82) is 0 Å². The van der Waals surface area contributed by atoms with Crippen LogP contribution in [0.3, 0.4) is 0 Å². The zero-order valence-corrected chi connectivity index (χ0v) is 15.3. The quantitative estimate of drug-likeness (QED) is 0.649. The fourth-order valence-electron chi connectivity index (χ4n) is 2.90. The minimum Gasteiger partial charge on any atom is -0.495 e. The Hall–Kier alpha value is -2.13.